The zero-order valence-corrected chi connectivity index (χ0v) is 15.9. The summed E-state index contributed by atoms with van der Waals surface area (Å²) in [5, 5.41) is 3.40. The van der Waals surface area contributed by atoms with E-state index in [9.17, 15) is 0 Å². The lowest BCUT2D eigenvalue weighted by Crippen LogP contribution is -2.26. The van der Waals surface area contributed by atoms with Crippen LogP contribution in [-0.2, 0) is 6.42 Å². The van der Waals surface area contributed by atoms with Crippen molar-refractivity contribution in [2.45, 2.75) is 33.2 Å². The van der Waals surface area contributed by atoms with Crippen molar-refractivity contribution in [1.82, 2.24) is 9.97 Å². The van der Waals surface area contributed by atoms with E-state index in [1.54, 1.807) is 0 Å². The smallest absolute Gasteiger partial charge is 0.232 e. The molecule has 3 aromatic rings. The van der Waals surface area contributed by atoms with E-state index in [-0.39, 0.29) is 0 Å². The number of aromatic nitrogens is 2. The number of nitrogens with one attached hydrogen (secondary N) is 1. The summed E-state index contributed by atoms with van der Waals surface area (Å²) in [6.45, 7) is 6.81. The zero-order chi connectivity index (χ0) is 18.8. The van der Waals surface area contributed by atoms with Crippen LogP contribution in [0.4, 0.5) is 23.1 Å². The van der Waals surface area contributed by atoms with E-state index in [4.69, 9.17) is 14.7 Å². The van der Waals surface area contributed by atoms with Gasteiger partial charge in [0.05, 0.1) is 12.3 Å². The number of fused-ring (bicyclic) bond motifs is 1. The van der Waals surface area contributed by atoms with Gasteiger partial charge in [-0.15, -0.1) is 0 Å². The van der Waals surface area contributed by atoms with E-state index >= 15 is 0 Å². The number of rotatable bonds is 5. The molecule has 1 atom stereocenters. The molecule has 1 aromatic heterocycles. The maximum Gasteiger partial charge on any atom is 0.232 e. The molecule has 27 heavy (non-hydrogen) atoms. The summed E-state index contributed by atoms with van der Waals surface area (Å²) in [6, 6.07) is 18.7. The van der Waals surface area contributed by atoms with Crippen molar-refractivity contribution in [3.8, 4) is 5.75 Å². The van der Waals surface area contributed by atoms with Crippen molar-refractivity contribution in [2.24, 2.45) is 0 Å². The molecule has 0 aliphatic carbocycles. The molecule has 5 heteroatoms. The van der Waals surface area contributed by atoms with Crippen molar-refractivity contribution in [3.63, 3.8) is 0 Å². The molecule has 2 aromatic carbocycles. The van der Waals surface area contributed by atoms with Crippen LogP contribution < -0.4 is 15.0 Å². The van der Waals surface area contributed by atoms with Gasteiger partial charge in [-0.2, -0.15) is 4.98 Å². The Morgan fingerprint density at radius 2 is 1.89 bits per heavy atom. The number of ether oxygens (including phenoxy) is 1. The summed E-state index contributed by atoms with van der Waals surface area (Å²) in [7, 11) is 0. The minimum atomic E-state index is 0.327. The normalized spacial score (nSPS) is 15.5. The Balaban J connectivity index is 1.69. The van der Waals surface area contributed by atoms with Crippen LogP contribution in [0.1, 0.15) is 25.1 Å². The van der Waals surface area contributed by atoms with Crippen LogP contribution in [0.15, 0.2) is 54.6 Å². The number of aryl methyl sites for hydroxylation is 1. The van der Waals surface area contributed by atoms with Gasteiger partial charge in [0.15, 0.2) is 0 Å². The quantitative estimate of drug-likeness (QED) is 0.693. The van der Waals surface area contributed by atoms with Crippen LogP contribution in [0.3, 0.4) is 0 Å². The van der Waals surface area contributed by atoms with E-state index in [0.29, 0.717) is 12.6 Å². The third-order valence-corrected chi connectivity index (χ3v) is 4.71. The molecule has 0 amide bonds. The first-order valence-electron chi connectivity index (χ1n) is 9.37. The van der Waals surface area contributed by atoms with Gasteiger partial charge in [-0.3, -0.25) is 0 Å². The van der Waals surface area contributed by atoms with Gasteiger partial charge in [0, 0.05) is 23.5 Å². The Morgan fingerprint density at radius 1 is 1.11 bits per heavy atom. The summed E-state index contributed by atoms with van der Waals surface area (Å²) >= 11 is 0. The summed E-state index contributed by atoms with van der Waals surface area (Å²) in [5.41, 5.74) is 4.36. The van der Waals surface area contributed by atoms with Crippen LogP contribution in [0.25, 0.3) is 0 Å². The molecule has 1 aliphatic heterocycles. The molecule has 138 valence electrons. The maximum absolute atomic E-state index is 5.72. The monoisotopic (exact) mass is 360 g/mol. The Hall–Kier alpha value is -3.08. The number of para-hydroxylation sites is 3. The molecule has 1 unspecified atom stereocenters. The molecular weight excluding hydrogens is 336 g/mol. The van der Waals surface area contributed by atoms with Gasteiger partial charge in [-0.05, 0) is 51.0 Å². The maximum atomic E-state index is 5.72. The average molecular weight is 360 g/mol. The van der Waals surface area contributed by atoms with Crippen molar-refractivity contribution in [3.05, 3.63) is 65.9 Å². The lowest BCUT2D eigenvalue weighted by atomic mass is 10.1. The predicted octanol–water partition coefficient (Wildman–Crippen LogP) is 5.01. The predicted molar refractivity (Wildman–Crippen MR) is 109 cm³/mol. The third kappa shape index (κ3) is 3.45. The highest BCUT2D eigenvalue weighted by Crippen LogP contribution is 2.37. The van der Waals surface area contributed by atoms with E-state index in [2.05, 4.69) is 41.4 Å². The molecule has 0 spiro atoms. The Bertz CT molecular complexity index is 957. The average Bonchev–Trinajstić information content (AvgIpc) is 2.99. The minimum absolute atomic E-state index is 0.327. The molecule has 1 aliphatic rings. The lowest BCUT2D eigenvalue weighted by molar-refractivity contribution is 0.342. The van der Waals surface area contributed by atoms with Gasteiger partial charge in [-0.25, -0.2) is 4.98 Å². The first kappa shape index (κ1) is 17.3. The summed E-state index contributed by atoms with van der Waals surface area (Å²) in [6.07, 6.45) is 1.00. The molecule has 0 radical (unpaired) electrons. The minimum Gasteiger partial charge on any atom is -0.492 e. The summed E-state index contributed by atoms with van der Waals surface area (Å²) in [5.74, 6) is 2.31. The zero-order valence-electron chi connectivity index (χ0n) is 15.9. The van der Waals surface area contributed by atoms with Crippen molar-refractivity contribution >= 4 is 23.1 Å². The number of nitrogens with zero attached hydrogens (tertiary/aromatic N) is 3. The van der Waals surface area contributed by atoms with E-state index < -0.39 is 0 Å². The first-order valence-corrected chi connectivity index (χ1v) is 9.37. The second kappa shape index (κ2) is 7.27. The molecule has 1 N–H and O–H groups in total. The van der Waals surface area contributed by atoms with Crippen LogP contribution >= 0.6 is 0 Å². The fraction of sp³-hybridized carbons (Fsp3) is 0.273. The largest absolute Gasteiger partial charge is 0.492 e. The van der Waals surface area contributed by atoms with Gasteiger partial charge < -0.3 is 15.0 Å². The third-order valence-electron chi connectivity index (χ3n) is 4.71. The fourth-order valence-corrected chi connectivity index (χ4v) is 3.58. The second-order valence-corrected chi connectivity index (χ2v) is 6.80. The van der Waals surface area contributed by atoms with E-state index in [1.165, 1.54) is 11.3 Å². The lowest BCUT2D eigenvalue weighted by Gasteiger charge is -2.23. The van der Waals surface area contributed by atoms with E-state index in [1.807, 2.05) is 44.2 Å². The van der Waals surface area contributed by atoms with Crippen molar-refractivity contribution < 1.29 is 4.74 Å². The highest BCUT2D eigenvalue weighted by molar-refractivity contribution is 5.69. The number of hydrogen-bond acceptors (Lipinski definition) is 5. The van der Waals surface area contributed by atoms with Crippen LogP contribution in [0.2, 0.25) is 0 Å². The Morgan fingerprint density at radius 3 is 2.74 bits per heavy atom. The van der Waals surface area contributed by atoms with Gasteiger partial charge in [0.25, 0.3) is 0 Å². The Kier molecular flexibility index (Phi) is 4.67. The SMILES string of the molecule is CCOc1ccccc1Nc1cc(C)nc(N2c3ccccc3CC2C)n1. The van der Waals surface area contributed by atoms with Crippen molar-refractivity contribution in [1.29, 1.82) is 0 Å². The van der Waals surface area contributed by atoms with Gasteiger partial charge >= 0.3 is 0 Å². The summed E-state index contributed by atoms with van der Waals surface area (Å²) in [4.78, 5) is 11.7. The molecule has 2 heterocycles. The van der Waals surface area contributed by atoms with E-state index in [0.717, 1.165) is 35.3 Å². The number of hydrogen-bond donors (Lipinski definition) is 1. The van der Waals surface area contributed by atoms with Gasteiger partial charge in [0.2, 0.25) is 5.95 Å². The molecule has 0 saturated carbocycles. The Labute approximate surface area is 160 Å². The summed E-state index contributed by atoms with van der Waals surface area (Å²) < 4.78 is 5.72. The number of benzene rings is 2. The highest BCUT2D eigenvalue weighted by Gasteiger charge is 2.29. The second-order valence-electron chi connectivity index (χ2n) is 6.80. The van der Waals surface area contributed by atoms with Crippen LogP contribution in [0.5, 0.6) is 5.75 Å². The molecule has 0 bridgehead atoms. The fourth-order valence-electron chi connectivity index (χ4n) is 3.58. The van der Waals surface area contributed by atoms with Gasteiger partial charge in [-0.1, -0.05) is 30.3 Å². The number of anilines is 4. The first-order chi connectivity index (χ1) is 13.2. The van der Waals surface area contributed by atoms with Gasteiger partial charge in [0.1, 0.15) is 11.6 Å². The van der Waals surface area contributed by atoms with Crippen LogP contribution in [0, 0.1) is 6.92 Å². The molecule has 0 fully saturated rings. The molecular formula is C22H24N4O. The van der Waals surface area contributed by atoms with Crippen LogP contribution in [-0.4, -0.2) is 22.6 Å². The molecule has 4 rings (SSSR count). The highest BCUT2D eigenvalue weighted by atomic mass is 16.5. The van der Waals surface area contributed by atoms with Crippen molar-refractivity contribution in [2.75, 3.05) is 16.8 Å². The molecule has 0 saturated heterocycles. The molecule has 5 nitrogen and oxygen atoms in total. The standard InChI is InChI=1S/C22H24N4O/c1-4-27-20-12-8-6-10-18(20)24-21-13-15(2)23-22(25-21)26-16(3)14-17-9-5-7-11-19(17)26/h5-13,16H,4,14H2,1-3H3,(H,23,24,25). The topological polar surface area (TPSA) is 50.3 Å².